The number of hydrogen-bond donors (Lipinski definition) is 0. The fraction of sp³-hybridized carbons (Fsp3) is 1.00. The van der Waals surface area contributed by atoms with Crippen LogP contribution in [0.3, 0.4) is 0 Å². The molecule has 2 saturated heterocycles. The third kappa shape index (κ3) is 1.07. The van der Waals surface area contributed by atoms with Crippen molar-refractivity contribution < 1.29 is 9.13 Å². The van der Waals surface area contributed by atoms with Gasteiger partial charge in [0.15, 0.2) is 0 Å². The fourth-order valence-corrected chi connectivity index (χ4v) is 2.01. The molecule has 0 aliphatic carbocycles. The Hall–Kier alpha value is -0.150. The summed E-state index contributed by atoms with van der Waals surface area (Å²) < 4.78 is 18.8. The first-order chi connectivity index (χ1) is 5.64. The van der Waals surface area contributed by atoms with E-state index in [-0.39, 0.29) is 0 Å². The lowest BCUT2D eigenvalue weighted by Gasteiger charge is -2.50. The number of ether oxygens (including phenoxy) is 1. The first-order valence-corrected chi connectivity index (χ1v) is 4.66. The van der Waals surface area contributed by atoms with Crippen molar-refractivity contribution in [2.45, 2.75) is 38.1 Å². The average Bonchev–Trinajstić information content (AvgIpc) is 2.26. The highest BCUT2D eigenvalue weighted by Crippen LogP contribution is 2.37. The highest BCUT2D eigenvalue weighted by Gasteiger charge is 2.54. The van der Waals surface area contributed by atoms with Crippen molar-refractivity contribution in [1.29, 1.82) is 0 Å². The molecule has 3 heteroatoms. The van der Waals surface area contributed by atoms with Gasteiger partial charge in [-0.2, -0.15) is 0 Å². The number of likely N-dealkylation sites (tertiary alicyclic amines) is 1. The monoisotopic (exact) mass is 173 g/mol. The fourth-order valence-electron chi connectivity index (χ4n) is 2.01. The molecule has 0 saturated carbocycles. The molecule has 0 amide bonds. The first-order valence-electron chi connectivity index (χ1n) is 4.66. The quantitative estimate of drug-likeness (QED) is 0.591. The van der Waals surface area contributed by atoms with E-state index >= 15 is 0 Å². The molecule has 0 bridgehead atoms. The summed E-state index contributed by atoms with van der Waals surface area (Å²) in [5.41, 5.74) is -0.412. The molecular formula is C9H16FNO. The molecule has 0 radical (unpaired) electrons. The Morgan fingerprint density at radius 2 is 2.17 bits per heavy atom. The predicted octanol–water partition coefficient (Wildman–Crippen LogP) is 1.21. The maximum Gasteiger partial charge on any atom is 0.134 e. The third-order valence-corrected chi connectivity index (χ3v) is 3.00. The highest BCUT2D eigenvalue weighted by atomic mass is 19.1. The van der Waals surface area contributed by atoms with E-state index < -0.39 is 11.8 Å². The molecule has 2 heterocycles. The van der Waals surface area contributed by atoms with E-state index in [1.807, 2.05) is 0 Å². The van der Waals surface area contributed by atoms with Crippen LogP contribution in [0.15, 0.2) is 0 Å². The van der Waals surface area contributed by atoms with Crippen LogP contribution in [0.5, 0.6) is 0 Å². The Balaban J connectivity index is 1.93. The molecule has 0 aromatic heterocycles. The van der Waals surface area contributed by atoms with Gasteiger partial charge in [0.1, 0.15) is 11.8 Å². The molecule has 12 heavy (non-hydrogen) atoms. The summed E-state index contributed by atoms with van der Waals surface area (Å²) in [6, 6.07) is 0.520. The molecule has 70 valence electrons. The van der Waals surface area contributed by atoms with E-state index in [0.29, 0.717) is 19.1 Å². The van der Waals surface area contributed by atoms with E-state index in [4.69, 9.17) is 4.74 Å². The Labute approximate surface area is 72.7 Å². The largest absolute Gasteiger partial charge is 0.369 e. The lowest BCUT2D eigenvalue weighted by atomic mass is 9.88. The lowest BCUT2D eigenvalue weighted by molar-refractivity contribution is -0.146. The van der Waals surface area contributed by atoms with Crippen LogP contribution in [0.1, 0.15) is 20.3 Å². The minimum Gasteiger partial charge on any atom is -0.369 e. The number of rotatable bonds is 1. The highest BCUT2D eigenvalue weighted by molar-refractivity contribution is 5.06. The van der Waals surface area contributed by atoms with Crippen molar-refractivity contribution >= 4 is 0 Å². The van der Waals surface area contributed by atoms with Gasteiger partial charge in [-0.3, -0.25) is 4.90 Å². The zero-order chi connectivity index (χ0) is 8.77. The second-order valence-corrected chi connectivity index (χ2v) is 4.17. The molecule has 0 aromatic rings. The molecule has 1 atom stereocenters. The Morgan fingerprint density at radius 3 is 2.58 bits per heavy atom. The minimum atomic E-state index is -0.729. The van der Waals surface area contributed by atoms with Gasteiger partial charge in [0, 0.05) is 25.6 Å². The van der Waals surface area contributed by atoms with Gasteiger partial charge in [-0.15, -0.1) is 0 Å². The van der Waals surface area contributed by atoms with Gasteiger partial charge in [0.2, 0.25) is 0 Å². The van der Waals surface area contributed by atoms with Crippen LogP contribution in [-0.4, -0.2) is 42.4 Å². The molecule has 2 aliphatic heterocycles. The smallest absolute Gasteiger partial charge is 0.134 e. The van der Waals surface area contributed by atoms with Crippen LogP contribution in [0, 0.1) is 0 Å². The molecule has 0 aromatic carbocycles. The van der Waals surface area contributed by atoms with E-state index in [9.17, 15) is 4.39 Å². The van der Waals surface area contributed by atoms with E-state index in [1.165, 1.54) is 0 Å². The Bertz CT molecular complexity index is 177. The second kappa shape index (κ2) is 2.67. The normalized spacial score (nSPS) is 34.5. The van der Waals surface area contributed by atoms with Crippen LogP contribution in [-0.2, 0) is 4.74 Å². The van der Waals surface area contributed by atoms with Gasteiger partial charge in [0.05, 0.1) is 6.61 Å². The van der Waals surface area contributed by atoms with Crippen LogP contribution in [0.4, 0.5) is 4.39 Å². The van der Waals surface area contributed by atoms with Gasteiger partial charge < -0.3 is 4.74 Å². The van der Waals surface area contributed by atoms with Crippen molar-refractivity contribution in [2.75, 3.05) is 19.7 Å². The Kier molecular flexibility index (Phi) is 1.88. The summed E-state index contributed by atoms with van der Waals surface area (Å²) in [6.45, 7) is 6.44. The van der Waals surface area contributed by atoms with Gasteiger partial charge in [-0.25, -0.2) is 4.39 Å². The summed E-state index contributed by atoms with van der Waals surface area (Å²) in [5, 5.41) is 0. The second-order valence-electron chi connectivity index (χ2n) is 4.17. The lowest BCUT2D eigenvalue weighted by Crippen LogP contribution is -2.67. The molecule has 0 unspecified atom stereocenters. The maximum atomic E-state index is 13.3. The van der Waals surface area contributed by atoms with Gasteiger partial charge in [-0.1, -0.05) is 0 Å². The Morgan fingerprint density at radius 1 is 1.50 bits per heavy atom. The van der Waals surface area contributed by atoms with Crippen LogP contribution >= 0.6 is 0 Å². The van der Waals surface area contributed by atoms with Crippen molar-refractivity contribution in [3.63, 3.8) is 0 Å². The summed E-state index contributed by atoms with van der Waals surface area (Å²) in [4.78, 5) is 2.25. The zero-order valence-electron chi connectivity index (χ0n) is 7.72. The molecule has 1 spiro atoms. The summed E-state index contributed by atoms with van der Waals surface area (Å²) in [7, 11) is 0. The van der Waals surface area contributed by atoms with E-state index in [1.54, 1.807) is 0 Å². The minimum absolute atomic E-state index is 0.412. The number of nitrogens with zero attached hydrogens (tertiary/aromatic N) is 1. The summed E-state index contributed by atoms with van der Waals surface area (Å²) in [6.07, 6.45) is -0.140. The number of halogens is 1. The van der Waals surface area contributed by atoms with E-state index in [0.717, 1.165) is 13.1 Å². The van der Waals surface area contributed by atoms with Crippen molar-refractivity contribution in [3.8, 4) is 0 Å². The van der Waals surface area contributed by atoms with E-state index in [2.05, 4.69) is 18.7 Å². The van der Waals surface area contributed by atoms with Crippen molar-refractivity contribution in [3.05, 3.63) is 0 Å². The first kappa shape index (κ1) is 8.45. The van der Waals surface area contributed by atoms with Crippen LogP contribution < -0.4 is 0 Å². The summed E-state index contributed by atoms with van der Waals surface area (Å²) >= 11 is 0. The van der Waals surface area contributed by atoms with Crippen LogP contribution in [0.2, 0.25) is 0 Å². The SMILES string of the molecule is CC(C)N1CC2(C1)OCC[C@H]2F. The number of hydrogen-bond acceptors (Lipinski definition) is 2. The van der Waals surface area contributed by atoms with Gasteiger partial charge in [-0.05, 0) is 13.8 Å². The van der Waals surface area contributed by atoms with Crippen LogP contribution in [0.25, 0.3) is 0 Å². The van der Waals surface area contributed by atoms with Crippen molar-refractivity contribution in [1.82, 2.24) is 4.90 Å². The molecule has 0 N–H and O–H groups in total. The molecule has 2 aliphatic rings. The standard InChI is InChI=1S/C9H16FNO/c1-7(2)11-5-9(6-11)8(10)3-4-12-9/h7-8H,3-6H2,1-2H3/t8-/m1/s1. The molecule has 2 rings (SSSR count). The maximum absolute atomic E-state index is 13.3. The molecule has 2 fully saturated rings. The van der Waals surface area contributed by atoms with Crippen molar-refractivity contribution in [2.24, 2.45) is 0 Å². The summed E-state index contributed by atoms with van der Waals surface area (Å²) in [5.74, 6) is 0. The number of alkyl halides is 1. The molecular weight excluding hydrogens is 157 g/mol. The third-order valence-electron chi connectivity index (χ3n) is 3.00. The van der Waals surface area contributed by atoms with Gasteiger partial charge in [0.25, 0.3) is 0 Å². The zero-order valence-corrected chi connectivity index (χ0v) is 7.72. The average molecular weight is 173 g/mol. The topological polar surface area (TPSA) is 12.5 Å². The van der Waals surface area contributed by atoms with Gasteiger partial charge >= 0.3 is 0 Å². The molecule has 2 nitrogen and oxygen atoms in total. The predicted molar refractivity (Wildman–Crippen MR) is 44.9 cm³/mol.